The van der Waals surface area contributed by atoms with Crippen molar-refractivity contribution in [1.82, 2.24) is 0 Å². The predicted molar refractivity (Wildman–Crippen MR) is 74.6 cm³/mol. The average Bonchev–Trinajstić information content (AvgIpc) is 2.01. The van der Waals surface area contributed by atoms with Crippen LogP contribution in [0.5, 0.6) is 0 Å². The van der Waals surface area contributed by atoms with Gasteiger partial charge >= 0.3 is 0 Å². The zero-order valence-corrected chi connectivity index (χ0v) is 12.6. The zero-order chi connectivity index (χ0) is 12.1. The highest BCUT2D eigenvalue weighted by Gasteiger charge is 2.24. The Balaban J connectivity index is 4.05. The molecule has 2 atom stereocenters. The molecule has 0 N–H and O–H groups in total. The molecule has 0 aliphatic carbocycles. The van der Waals surface area contributed by atoms with Gasteiger partial charge in [-0.2, -0.15) is 11.8 Å². The van der Waals surface area contributed by atoms with Gasteiger partial charge in [0, 0.05) is 0 Å². The fourth-order valence-corrected chi connectivity index (χ4v) is 3.16. The minimum absolute atomic E-state index is 0.513. The van der Waals surface area contributed by atoms with E-state index in [1.54, 1.807) is 0 Å². The highest BCUT2D eigenvalue weighted by atomic mass is 32.2. The Morgan fingerprint density at radius 2 is 1.53 bits per heavy atom. The Kier molecular flexibility index (Phi) is 6.99. The summed E-state index contributed by atoms with van der Waals surface area (Å²) in [5.41, 5.74) is 0.513. The lowest BCUT2D eigenvalue weighted by molar-refractivity contribution is 0.201. The summed E-state index contributed by atoms with van der Waals surface area (Å²) in [6, 6.07) is 0. The molecule has 0 spiro atoms. The topological polar surface area (TPSA) is 0 Å². The summed E-state index contributed by atoms with van der Waals surface area (Å²) in [6.45, 7) is 14.3. The summed E-state index contributed by atoms with van der Waals surface area (Å²) in [5.74, 6) is 3.83. The first-order valence-electron chi connectivity index (χ1n) is 6.27. The van der Waals surface area contributed by atoms with Crippen molar-refractivity contribution in [2.45, 2.75) is 54.4 Å². The van der Waals surface area contributed by atoms with E-state index < -0.39 is 0 Å². The van der Waals surface area contributed by atoms with Gasteiger partial charge in [-0.1, -0.05) is 41.5 Å². The second-order valence-corrected chi connectivity index (χ2v) is 7.26. The maximum atomic E-state index is 2.43. The molecule has 0 aromatic carbocycles. The van der Waals surface area contributed by atoms with Gasteiger partial charge in [0.2, 0.25) is 0 Å². The highest BCUT2D eigenvalue weighted by Crippen LogP contribution is 2.35. The Labute approximate surface area is 102 Å². The molecule has 0 fully saturated rings. The lowest BCUT2D eigenvalue weighted by atomic mass is 9.75. The molecule has 0 radical (unpaired) electrons. The maximum Gasteiger partial charge on any atom is -0.00443 e. The normalized spacial score (nSPS) is 16.8. The van der Waals surface area contributed by atoms with E-state index in [0.29, 0.717) is 5.41 Å². The molecular formula is C14H30S. The van der Waals surface area contributed by atoms with Crippen molar-refractivity contribution in [3.8, 4) is 0 Å². The van der Waals surface area contributed by atoms with Gasteiger partial charge < -0.3 is 0 Å². The molecule has 0 aliphatic rings. The Morgan fingerprint density at radius 3 is 1.93 bits per heavy atom. The first-order valence-corrected chi connectivity index (χ1v) is 7.67. The molecule has 0 aliphatic heterocycles. The van der Waals surface area contributed by atoms with Crippen molar-refractivity contribution in [2.24, 2.45) is 23.2 Å². The molecule has 0 heterocycles. The number of rotatable bonds is 7. The summed E-state index contributed by atoms with van der Waals surface area (Å²) in [6.07, 6.45) is 4.94. The lowest BCUT2D eigenvalue weighted by Crippen LogP contribution is -2.22. The number of hydrogen-bond acceptors (Lipinski definition) is 1. The van der Waals surface area contributed by atoms with Gasteiger partial charge in [-0.25, -0.2) is 0 Å². The van der Waals surface area contributed by atoms with E-state index in [2.05, 4.69) is 47.8 Å². The molecule has 1 heteroatoms. The maximum absolute atomic E-state index is 2.43. The predicted octanol–water partition coefficient (Wildman–Crippen LogP) is 5.08. The van der Waals surface area contributed by atoms with Crippen LogP contribution in [-0.4, -0.2) is 12.0 Å². The van der Waals surface area contributed by atoms with Crippen LogP contribution in [0, 0.1) is 23.2 Å². The summed E-state index contributed by atoms with van der Waals surface area (Å²) in [5, 5.41) is 0. The van der Waals surface area contributed by atoms with E-state index in [4.69, 9.17) is 0 Å². The van der Waals surface area contributed by atoms with E-state index in [0.717, 1.165) is 17.8 Å². The van der Waals surface area contributed by atoms with Crippen LogP contribution < -0.4 is 0 Å². The number of hydrogen-bond donors (Lipinski definition) is 0. The van der Waals surface area contributed by atoms with Gasteiger partial charge in [-0.15, -0.1) is 0 Å². The van der Waals surface area contributed by atoms with Crippen LogP contribution in [0.15, 0.2) is 0 Å². The van der Waals surface area contributed by atoms with Gasteiger partial charge in [0.25, 0.3) is 0 Å². The molecule has 92 valence electrons. The van der Waals surface area contributed by atoms with Crippen molar-refractivity contribution < 1.29 is 0 Å². The molecule has 0 aromatic rings. The first-order chi connectivity index (χ1) is 6.78. The Hall–Kier alpha value is 0.350. The molecule has 0 nitrogen and oxygen atoms in total. The first kappa shape index (κ1) is 15.3. The summed E-state index contributed by atoms with van der Waals surface area (Å²) in [4.78, 5) is 0. The van der Waals surface area contributed by atoms with Gasteiger partial charge in [0.05, 0.1) is 0 Å². The molecule has 0 saturated heterocycles. The van der Waals surface area contributed by atoms with Crippen molar-refractivity contribution in [2.75, 3.05) is 12.0 Å². The van der Waals surface area contributed by atoms with E-state index in [-0.39, 0.29) is 0 Å². The molecular weight excluding hydrogens is 200 g/mol. The highest BCUT2D eigenvalue weighted by molar-refractivity contribution is 7.98. The third-order valence-electron chi connectivity index (χ3n) is 3.36. The molecule has 15 heavy (non-hydrogen) atoms. The second kappa shape index (κ2) is 6.83. The van der Waals surface area contributed by atoms with Crippen molar-refractivity contribution in [3.05, 3.63) is 0 Å². The van der Waals surface area contributed by atoms with Gasteiger partial charge in [0.1, 0.15) is 0 Å². The van der Waals surface area contributed by atoms with E-state index >= 15 is 0 Å². The van der Waals surface area contributed by atoms with Crippen LogP contribution in [0.1, 0.15) is 54.4 Å². The second-order valence-electron chi connectivity index (χ2n) is 6.35. The van der Waals surface area contributed by atoms with Gasteiger partial charge in [0.15, 0.2) is 0 Å². The monoisotopic (exact) mass is 230 g/mol. The fraction of sp³-hybridized carbons (Fsp3) is 1.00. The molecule has 2 unspecified atom stereocenters. The molecule has 0 amide bonds. The van der Waals surface area contributed by atoms with E-state index in [9.17, 15) is 0 Å². The van der Waals surface area contributed by atoms with Crippen LogP contribution in [0.2, 0.25) is 0 Å². The van der Waals surface area contributed by atoms with Crippen LogP contribution in [0.25, 0.3) is 0 Å². The van der Waals surface area contributed by atoms with E-state index in [1.165, 1.54) is 18.6 Å². The molecule has 0 saturated carbocycles. The Bertz CT molecular complexity index is 161. The van der Waals surface area contributed by atoms with Gasteiger partial charge in [-0.05, 0) is 48.0 Å². The van der Waals surface area contributed by atoms with E-state index in [1.807, 2.05) is 11.8 Å². The summed E-state index contributed by atoms with van der Waals surface area (Å²) >= 11 is 1.98. The third-order valence-corrected chi connectivity index (χ3v) is 4.27. The third kappa shape index (κ3) is 7.27. The fourth-order valence-electron chi connectivity index (χ4n) is 2.48. The molecule has 0 rings (SSSR count). The largest absolute Gasteiger partial charge is 0.165 e. The number of thioether (sulfide) groups is 1. The van der Waals surface area contributed by atoms with Crippen LogP contribution >= 0.6 is 11.8 Å². The SMILES string of the molecule is CSCC(C)CC(C)(C)CC(C)C(C)C. The molecule has 0 aromatic heterocycles. The van der Waals surface area contributed by atoms with Gasteiger partial charge in [-0.3, -0.25) is 0 Å². The smallest absolute Gasteiger partial charge is 0.00443 e. The minimum atomic E-state index is 0.513. The quantitative estimate of drug-likeness (QED) is 0.587. The summed E-state index contributed by atoms with van der Waals surface area (Å²) < 4.78 is 0. The zero-order valence-electron chi connectivity index (χ0n) is 11.8. The summed E-state index contributed by atoms with van der Waals surface area (Å²) in [7, 11) is 0. The van der Waals surface area contributed by atoms with Crippen LogP contribution in [-0.2, 0) is 0 Å². The minimum Gasteiger partial charge on any atom is -0.165 e. The Morgan fingerprint density at radius 1 is 1.00 bits per heavy atom. The average molecular weight is 230 g/mol. The van der Waals surface area contributed by atoms with Crippen molar-refractivity contribution in [1.29, 1.82) is 0 Å². The van der Waals surface area contributed by atoms with Crippen LogP contribution in [0.4, 0.5) is 0 Å². The standard InChI is InChI=1S/C14H30S/c1-11(2)13(4)9-14(5,6)8-12(3)10-15-7/h11-13H,8-10H2,1-7H3. The molecule has 0 bridgehead atoms. The van der Waals surface area contributed by atoms with Crippen LogP contribution in [0.3, 0.4) is 0 Å². The lowest BCUT2D eigenvalue weighted by Gasteiger charge is -2.32. The van der Waals surface area contributed by atoms with Crippen molar-refractivity contribution >= 4 is 11.8 Å². The van der Waals surface area contributed by atoms with Crippen molar-refractivity contribution in [3.63, 3.8) is 0 Å².